The second-order valence-corrected chi connectivity index (χ2v) is 30.5. The molecule has 0 aliphatic carbocycles. The fourth-order valence-electron chi connectivity index (χ4n) is 11.3. The lowest BCUT2D eigenvalue weighted by molar-refractivity contribution is -0.161. The van der Waals surface area contributed by atoms with Crippen LogP contribution in [0.3, 0.4) is 0 Å². The van der Waals surface area contributed by atoms with E-state index < -0.39 is 97.5 Å². The molecule has 0 aromatic carbocycles. The number of rotatable bonds is 73. The number of carbonyl (C=O) groups excluding carboxylic acids is 4. The third-order valence-electron chi connectivity index (χ3n) is 17.2. The summed E-state index contributed by atoms with van der Waals surface area (Å²) in [5, 5.41) is 10.6. The number of phosphoric acid groups is 2. The number of aliphatic hydroxyl groups excluding tert-OH is 1. The highest BCUT2D eigenvalue weighted by molar-refractivity contribution is 7.47. The lowest BCUT2D eigenvalue weighted by Crippen LogP contribution is -2.30. The van der Waals surface area contributed by atoms with E-state index in [1.54, 1.807) is 0 Å². The molecule has 0 fully saturated rings. The van der Waals surface area contributed by atoms with Crippen molar-refractivity contribution < 1.29 is 80.2 Å². The third-order valence-corrected chi connectivity index (χ3v) is 19.1. The molecule has 2 unspecified atom stereocenters. The lowest BCUT2D eigenvalue weighted by Gasteiger charge is -2.21. The summed E-state index contributed by atoms with van der Waals surface area (Å²) in [4.78, 5) is 72.6. The number of aliphatic hydroxyl groups is 1. The molecule has 93 heavy (non-hydrogen) atoms. The van der Waals surface area contributed by atoms with Crippen LogP contribution in [0.2, 0.25) is 0 Å². The van der Waals surface area contributed by atoms with Gasteiger partial charge in [0.05, 0.1) is 26.4 Å². The molecule has 0 aromatic rings. The van der Waals surface area contributed by atoms with Crippen molar-refractivity contribution in [2.45, 2.75) is 400 Å². The number of phosphoric ester groups is 2. The van der Waals surface area contributed by atoms with Gasteiger partial charge < -0.3 is 33.8 Å². The van der Waals surface area contributed by atoms with Gasteiger partial charge in [-0.25, -0.2) is 9.13 Å². The zero-order valence-electron chi connectivity index (χ0n) is 60.6. The first-order chi connectivity index (χ1) is 44.9. The highest BCUT2D eigenvalue weighted by Crippen LogP contribution is 2.45. The molecular weight excluding hydrogens is 1220 g/mol. The molecule has 17 nitrogen and oxygen atoms in total. The smallest absolute Gasteiger partial charge is 0.462 e. The Hall–Kier alpha value is -1.94. The monoisotopic (exact) mass is 1370 g/mol. The minimum absolute atomic E-state index is 0.107. The quantitative estimate of drug-likeness (QED) is 0.0222. The van der Waals surface area contributed by atoms with Gasteiger partial charge in [0.2, 0.25) is 0 Å². The molecule has 19 heteroatoms. The first-order valence-electron chi connectivity index (χ1n) is 38.5. The van der Waals surface area contributed by atoms with E-state index in [1.807, 2.05) is 0 Å². The molecule has 3 N–H and O–H groups in total. The molecule has 0 aliphatic heterocycles. The van der Waals surface area contributed by atoms with Crippen LogP contribution in [0.5, 0.6) is 0 Å². The highest BCUT2D eigenvalue weighted by atomic mass is 31.2. The van der Waals surface area contributed by atoms with Crippen LogP contribution in [-0.4, -0.2) is 96.7 Å². The molecule has 0 heterocycles. The molecule has 0 bridgehead atoms. The van der Waals surface area contributed by atoms with Crippen LogP contribution in [0, 0.1) is 11.8 Å². The normalized spacial score (nSPS) is 14.1. The third kappa shape index (κ3) is 68.4. The van der Waals surface area contributed by atoms with E-state index in [-0.39, 0.29) is 25.7 Å². The van der Waals surface area contributed by atoms with Crippen molar-refractivity contribution in [3.8, 4) is 0 Å². The number of hydrogen-bond donors (Lipinski definition) is 3. The fourth-order valence-corrected chi connectivity index (χ4v) is 12.9. The van der Waals surface area contributed by atoms with Crippen LogP contribution >= 0.6 is 15.6 Å². The van der Waals surface area contributed by atoms with E-state index in [1.165, 1.54) is 186 Å². The van der Waals surface area contributed by atoms with Crippen LogP contribution < -0.4 is 0 Å². The summed E-state index contributed by atoms with van der Waals surface area (Å²) in [7, 11) is -9.90. The Labute approximate surface area is 568 Å². The summed E-state index contributed by atoms with van der Waals surface area (Å²) in [6.07, 6.45) is 52.7. The maximum absolute atomic E-state index is 13.1. The lowest BCUT2D eigenvalue weighted by atomic mass is 10.0. The number of hydrogen-bond acceptors (Lipinski definition) is 15. The molecule has 0 saturated heterocycles. The summed E-state index contributed by atoms with van der Waals surface area (Å²) < 4.78 is 68.4. The van der Waals surface area contributed by atoms with Crippen LogP contribution in [0.15, 0.2) is 0 Å². The zero-order chi connectivity index (χ0) is 68.6. The molecule has 0 amide bonds. The van der Waals surface area contributed by atoms with E-state index in [0.29, 0.717) is 25.7 Å². The van der Waals surface area contributed by atoms with Gasteiger partial charge in [-0.3, -0.25) is 37.3 Å². The number of esters is 4. The second-order valence-electron chi connectivity index (χ2n) is 27.6. The fraction of sp³-hybridized carbons (Fsp3) is 0.946. The maximum atomic E-state index is 13.1. The van der Waals surface area contributed by atoms with Gasteiger partial charge in [0.1, 0.15) is 19.3 Å². The molecule has 552 valence electrons. The summed E-state index contributed by atoms with van der Waals surface area (Å²) in [5.74, 6) is -0.535. The molecule has 0 rings (SSSR count). The number of ether oxygens (including phenoxy) is 4. The maximum Gasteiger partial charge on any atom is 0.472 e. The van der Waals surface area contributed by atoms with E-state index in [4.69, 9.17) is 37.0 Å². The minimum atomic E-state index is -4.95. The molecule has 5 atom stereocenters. The van der Waals surface area contributed by atoms with Gasteiger partial charge in [-0.05, 0) is 37.5 Å². The zero-order valence-corrected chi connectivity index (χ0v) is 62.3. The average Bonchev–Trinajstić information content (AvgIpc) is 3.69. The second kappa shape index (κ2) is 66.0. The molecule has 0 spiro atoms. The van der Waals surface area contributed by atoms with Gasteiger partial charge in [0.15, 0.2) is 12.2 Å². The Morgan fingerprint density at radius 1 is 0.290 bits per heavy atom. The predicted molar refractivity (Wildman–Crippen MR) is 377 cm³/mol. The largest absolute Gasteiger partial charge is 0.472 e. The van der Waals surface area contributed by atoms with Crippen molar-refractivity contribution in [1.82, 2.24) is 0 Å². The predicted octanol–water partition coefficient (Wildman–Crippen LogP) is 21.6. The first-order valence-corrected chi connectivity index (χ1v) is 41.5. The van der Waals surface area contributed by atoms with Crippen LogP contribution in [0.4, 0.5) is 0 Å². The van der Waals surface area contributed by atoms with Gasteiger partial charge in [-0.15, -0.1) is 0 Å². The van der Waals surface area contributed by atoms with Gasteiger partial charge in [-0.1, -0.05) is 330 Å². The summed E-state index contributed by atoms with van der Waals surface area (Å²) in [5.41, 5.74) is 0. The Morgan fingerprint density at radius 2 is 0.495 bits per heavy atom. The Balaban J connectivity index is 5.20. The summed E-state index contributed by atoms with van der Waals surface area (Å²) in [6.45, 7) is 9.59. The molecule has 0 aromatic heterocycles. The topological polar surface area (TPSA) is 237 Å². The van der Waals surface area contributed by atoms with Crippen LogP contribution in [0.1, 0.15) is 382 Å². The van der Waals surface area contributed by atoms with Gasteiger partial charge in [-0.2, -0.15) is 0 Å². The van der Waals surface area contributed by atoms with Gasteiger partial charge in [0, 0.05) is 25.7 Å². The van der Waals surface area contributed by atoms with E-state index in [0.717, 1.165) is 115 Å². The average molecular weight is 1370 g/mol. The standard InChI is InChI=1S/C74H144O17P2/c1-7-9-11-13-15-16-17-21-29-34-40-46-52-58-73(78)90-69(62-84-71(76)56-50-44-36-14-12-10-8-2)64-88-92(80,81)86-60-68(75)61-87-93(82,83)89-65-70(63-85-72(77)57-51-45-39-33-28-25-20-23-27-32-38-43-49-55-67(5)6)91-74(79)59-53-47-41-35-30-24-19-18-22-26-31-37-42-48-54-66(3)4/h66-70,75H,7-65H2,1-6H3,(H,80,81)(H,82,83)/t68-,69+,70+/m0/s1. The highest BCUT2D eigenvalue weighted by Gasteiger charge is 2.30. The molecule has 0 aliphatic rings. The van der Waals surface area contributed by atoms with E-state index in [9.17, 15) is 43.2 Å². The van der Waals surface area contributed by atoms with Crippen molar-refractivity contribution in [2.24, 2.45) is 11.8 Å². The first kappa shape index (κ1) is 91.1. The van der Waals surface area contributed by atoms with Crippen molar-refractivity contribution in [3.63, 3.8) is 0 Å². The molecule has 0 radical (unpaired) electrons. The van der Waals surface area contributed by atoms with Crippen molar-refractivity contribution in [2.75, 3.05) is 39.6 Å². The van der Waals surface area contributed by atoms with Crippen LogP contribution in [-0.2, 0) is 65.4 Å². The number of unbranched alkanes of at least 4 members (excludes halogenated alkanes) is 43. The van der Waals surface area contributed by atoms with Crippen molar-refractivity contribution in [1.29, 1.82) is 0 Å². The van der Waals surface area contributed by atoms with E-state index >= 15 is 0 Å². The van der Waals surface area contributed by atoms with Gasteiger partial charge >= 0.3 is 39.5 Å². The summed E-state index contributed by atoms with van der Waals surface area (Å²) in [6, 6.07) is 0. The Bertz CT molecular complexity index is 1800. The Kier molecular flexibility index (Phi) is 64.6. The Morgan fingerprint density at radius 3 is 0.731 bits per heavy atom. The van der Waals surface area contributed by atoms with Gasteiger partial charge in [0.25, 0.3) is 0 Å². The summed E-state index contributed by atoms with van der Waals surface area (Å²) >= 11 is 0. The van der Waals surface area contributed by atoms with E-state index in [2.05, 4.69) is 41.5 Å². The van der Waals surface area contributed by atoms with Crippen molar-refractivity contribution >= 4 is 39.5 Å². The number of carbonyl (C=O) groups is 4. The molecular formula is C74H144O17P2. The minimum Gasteiger partial charge on any atom is -0.462 e. The van der Waals surface area contributed by atoms with Crippen molar-refractivity contribution in [3.05, 3.63) is 0 Å². The SMILES string of the molecule is CCCCCCCCCCCCCCCC(=O)O[C@H](COC(=O)CCCCCCCCC)COP(=O)(O)OC[C@H](O)COP(=O)(O)OC[C@@H](COC(=O)CCCCCCCCCCCCCCCC(C)C)OC(=O)CCCCCCCCCCCCCCCCC(C)C. The van der Waals surface area contributed by atoms with Crippen LogP contribution in [0.25, 0.3) is 0 Å². The molecule has 0 saturated carbocycles.